The third-order valence-electron chi connectivity index (χ3n) is 3.14. The predicted octanol–water partition coefficient (Wildman–Crippen LogP) is 0.693. The normalized spacial score (nSPS) is 24.5. The van der Waals surface area contributed by atoms with E-state index in [1.807, 2.05) is 30.8 Å². The van der Waals surface area contributed by atoms with E-state index >= 15 is 0 Å². The number of aromatic nitrogens is 2. The van der Waals surface area contributed by atoms with E-state index in [1.165, 1.54) is 0 Å². The maximum atomic E-state index is 12.1. The van der Waals surface area contributed by atoms with Crippen LogP contribution in [0.15, 0.2) is 12.3 Å². The van der Waals surface area contributed by atoms with Crippen molar-refractivity contribution in [2.75, 3.05) is 13.2 Å². The topological polar surface area (TPSA) is 70.1 Å². The number of hydrogen-bond donors (Lipinski definition) is 1. The molecule has 0 amide bonds. The molecule has 2 heterocycles. The summed E-state index contributed by atoms with van der Waals surface area (Å²) >= 11 is 0. The van der Waals surface area contributed by atoms with Gasteiger partial charge < -0.3 is 10.5 Å². The molecule has 0 radical (unpaired) electrons. The highest BCUT2D eigenvalue weighted by atomic mass is 16.5. The maximum absolute atomic E-state index is 12.1. The first-order valence-electron chi connectivity index (χ1n) is 5.95. The molecule has 1 aromatic rings. The van der Waals surface area contributed by atoms with Gasteiger partial charge in [-0.15, -0.1) is 0 Å². The molecule has 17 heavy (non-hydrogen) atoms. The van der Waals surface area contributed by atoms with Crippen molar-refractivity contribution in [3.63, 3.8) is 0 Å². The highest BCUT2D eigenvalue weighted by Crippen LogP contribution is 2.18. The van der Waals surface area contributed by atoms with Gasteiger partial charge in [0.15, 0.2) is 5.78 Å². The molecule has 0 saturated carbocycles. The summed E-state index contributed by atoms with van der Waals surface area (Å²) in [4.78, 5) is 12.1. The number of ketones is 1. The number of rotatable bonds is 4. The zero-order valence-electron chi connectivity index (χ0n) is 10.3. The monoisotopic (exact) mass is 237 g/mol. The van der Waals surface area contributed by atoms with Gasteiger partial charge in [-0.3, -0.25) is 9.48 Å². The largest absolute Gasteiger partial charge is 0.379 e. The second-order valence-electron chi connectivity index (χ2n) is 4.94. The van der Waals surface area contributed by atoms with E-state index in [-0.39, 0.29) is 5.78 Å². The minimum atomic E-state index is -0.804. The Bertz CT molecular complexity index is 406. The molecule has 2 N–H and O–H groups in total. The number of Topliss-reactive ketones (excluding diaryl/α,β-unsaturated/α-hetero) is 1. The van der Waals surface area contributed by atoms with Gasteiger partial charge in [0.1, 0.15) is 5.54 Å². The molecule has 1 unspecified atom stereocenters. The van der Waals surface area contributed by atoms with Crippen LogP contribution in [0.2, 0.25) is 0 Å². The van der Waals surface area contributed by atoms with E-state index in [1.54, 1.807) is 0 Å². The van der Waals surface area contributed by atoms with Crippen LogP contribution in [0.1, 0.15) is 32.0 Å². The predicted molar refractivity (Wildman–Crippen MR) is 63.7 cm³/mol. The lowest BCUT2D eigenvalue weighted by Gasteiger charge is -2.19. The van der Waals surface area contributed by atoms with Crippen LogP contribution in [-0.4, -0.2) is 34.3 Å². The Kier molecular flexibility index (Phi) is 3.31. The first-order valence-corrected chi connectivity index (χ1v) is 5.95. The third-order valence-corrected chi connectivity index (χ3v) is 3.14. The van der Waals surface area contributed by atoms with Gasteiger partial charge in [-0.1, -0.05) is 0 Å². The molecular formula is C12H19N3O2. The number of nitrogens with zero attached hydrogens (tertiary/aromatic N) is 2. The second-order valence-corrected chi connectivity index (χ2v) is 4.94. The van der Waals surface area contributed by atoms with Gasteiger partial charge >= 0.3 is 0 Å². The van der Waals surface area contributed by atoms with Crippen molar-refractivity contribution in [1.82, 2.24) is 9.78 Å². The highest BCUT2D eigenvalue weighted by molar-refractivity contribution is 5.90. The number of ether oxygens (including phenoxy) is 1. The third kappa shape index (κ3) is 2.56. The van der Waals surface area contributed by atoms with Crippen molar-refractivity contribution in [3.05, 3.63) is 18.0 Å². The Hall–Kier alpha value is -1.20. The Morgan fingerprint density at radius 2 is 2.47 bits per heavy atom. The molecule has 1 saturated heterocycles. The number of nitrogens with two attached hydrogens (primary N) is 1. The molecule has 5 heteroatoms. The summed E-state index contributed by atoms with van der Waals surface area (Å²) in [5.74, 6) is 0.0176. The van der Waals surface area contributed by atoms with Gasteiger partial charge in [0.05, 0.1) is 18.7 Å². The first kappa shape index (κ1) is 12.3. The van der Waals surface area contributed by atoms with Crippen LogP contribution in [0.3, 0.4) is 0 Å². The van der Waals surface area contributed by atoms with Crippen LogP contribution in [0.5, 0.6) is 0 Å². The first-order chi connectivity index (χ1) is 8.01. The summed E-state index contributed by atoms with van der Waals surface area (Å²) in [5, 5.41) is 4.35. The molecule has 2 rings (SSSR count). The van der Waals surface area contributed by atoms with Crippen LogP contribution in [0.4, 0.5) is 0 Å². The molecule has 1 atom stereocenters. The average molecular weight is 237 g/mol. The van der Waals surface area contributed by atoms with Gasteiger partial charge in [0.25, 0.3) is 0 Å². The van der Waals surface area contributed by atoms with Crippen molar-refractivity contribution < 1.29 is 9.53 Å². The molecule has 1 aromatic heterocycles. The van der Waals surface area contributed by atoms with E-state index in [2.05, 4.69) is 5.10 Å². The lowest BCUT2D eigenvalue weighted by molar-refractivity contribution is -0.123. The average Bonchev–Trinajstić information content (AvgIpc) is 2.88. The quantitative estimate of drug-likeness (QED) is 0.836. The number of carbonyl (C=O) groups excluding carboxylic acids is 1. The van der Waals surface area contributed by atoms with Crippen LogP contribution in [0.25, 0.3) is 0 Å². The fourth-order valence-electron chi connectivity index (χ4n) is 1.90. The zero-order valence-corrected chi connectivity index (χ0v) is 10.3. The molecule has 5 nitrogen and oxygen atoms in total. The molecule has 94 valence electrons. The molecule has 1 aliphatic rings. The van der Waals surface area contributed by atoms with Gasteiger partial charge in [-0.25, -0.2) is 0 Å². The summed E-state index contributed by atoms with van der Waals surface area (Å²) in [6.45, 7) is 5.00. The van der Waals surface area contributed by atoms with Crippen LogP contribution < -0.4 is 5.73 Å². The van der Waals surface area contributed by atoms with Gasteiger partial charge in [-0.05, 0) is 26.3 Å². The summed E-state index contributed by atoms with van der Waals surface area (Å²) in [6.07, 6.45) is 2.79. The Balaban J connectivity index is 2.02. The molecule has 0 bridgehead atoms. The SMILES string of the molecule is CC(C)n1ccc(CC(=O)C2(N)CCOC2)n1. The van der Waals surface area contributed by atoms with Crippen LogP contribution in [0, 0.1) is 0 Å². The lowest BCUT2D eigenvalue weighted by atomic mass is 9.91. The summed E-state index contributed by atoms with van der Waals surface area (Å²) in [6, 6.07) is 2.18. The number of hydrogen-bond acceptors (Lipinski definition) is 4. The fourth-order valence-corrected chi connectivity index (χ4v) is 1.90. The Morgan fingerprint density at radius 1 is 1.71 bits per heavy atom. The minimum Gasteiger partial charge on any atom is -0.379 e. The molecule has 0 aliphatic carbocycles. The van der Waals surface area contributed by atoms with Crippen molar-refractivity contribution in [2.45, 2.75) is 38.3 Å². The summed E-state index contributed by atoms with van der Waals surface area (Å²) in [7, 11) is 0. The summed E-state index contributed by atoms with van der Waals surface area (Å²) in [5.41, 5.74) is 5.98. The van der Waals surface area contributed by atoms with E-state index in [4.69, 9.17) is 10.5 Å². The summed E-state index contributed by atoms with van der Waals surface area (Å²) < 4.78 is 7.04. The molecule has 1 fully saturated rings. The molecule has 1 aliphatic heterocycles. The van der Waals surface area contributed by atoms with E-state index in [9.17, 15) is 4.79 Å². The Labute approximate surface area is 101 Å². The fraction of sp³-hybridized carbons (Fsp3) is 0.667. The maximum Gasteiger partial charge on any atom is 0.161 e. The molecular weight excluding hydrogens is 218 g/mol. The minimum absolute atomic E-state index is 0.0176. The second kappa shape index (κ2) is 4.58. The van der Waals surface area contributed by atoms with Gasteiger partial charge in [-0.2, -0.15) is 5.10 Å². The van der Waals surface area contributed by atoms with E-state index < -0.39 is 5.54 Å². The van der Waals surface area contributed by atoms with Crippen LogP contribution in [-0.2, 0) is 16.0 Å². The van der Waals surface area contributed by atoms with Crippen molar-refractivity contribution in [2.24, 2.45) is 5.73 Å². The molecule has 0 spiro atoms. The van der Waals surface area contributed by atoms with Crippen LogP contribution >= 0.6 is 0 Å². The van der Waals surface area contributed by atoms with Gasteiger partial charge in [0, 0.05) is 18.8 Å². The smallest absolute Gasteiger partial charge is 0.161 e. The van der Waals surface area contributed by atoms with E-state index in [0.29, 0.717) is 32.1 Å². The van der Waals surface area contributed by atoms with Crippen molar-refractivity contribution in [3.8, 4) is 0 Å². The zero-order chi connectivity index (χ0) is 12.5. The molecule has 0 aromatic carbocycles. The number of carbonyl (C=O) groups is 1. The van der Waals surface area contributed by atoms with Crippen molar-refractivity contribution in [1.29, 1.82) is 0 Å². The van der Waals surface area contributed by atoms with Crippen molar-refractivity contribution >= 4 is 5.78 Å². The lowest BCUT2D eigenvalue weighted by Crippen LogP contribution is -2.49. The Morgan fingerprint density at radius 3 is 3.00 bits per heavy atom. The standard InChI is InChI=1S/C12H19N3O2/c1-9(2)15-5-3-10(14-15)7-11(16)12(13)4-6-17-8-12/h3,5,9H,4,6-8,13H2,1-2H3. The highest BCUT2D eigenvalue weighted by Gasteiger charge is 2.37. The van der Waals surface area contributed by atoms with E-state index in [0.717, 1.165) is 5.69 Å². The van der Waals surface area contributed by atoms with Gasteiger partial charge in [0.2, 0.25) is 0 Å².